The lowest BCUT2D eigenvalue weighted by atomic mass is 10.0. The predicted molar refractivity (Wildman–Crippen MR) is 219 cm³/mol. The largest absolute Gasteiger partial charge is 0.658 e. The van der Waals surface area contributed by atoms with Gasteiger partial charge in [-0.25, -0.2) is 0 Å². The first kappa shape index (κ1) is 29.8. The second-order valence-corrected chi connectivity index (χ2v) is 13.1. The van der Waals surface area contributed by atoms with Crippen LogP contribution in [-0.4, -0.2) is 9.13 Å². The second kappa shape index (κ2) is 12.4. The van der Waals surface area contributed by atoms with Crippen LogP contribution in [0, 0.1) is 0 Å². The molecule has 0 aliphatic heterocycles. The molecule has 8 aromatic carbocycles. The number of hydrogen-bond donors (Lipinski definition) is 0. The van der Waals surface area contributed by atoms with Crippen molar-refractivity contribution in [2.45, 2.75) is 0 Å². The summed E-state index contributed by atoms with van der Waals surface area (Å²) in [5, 5.41) is 15.1. The third-order valence-electron chi connectivity index (χ3n) is 9.84. The van der Waals surface area contributed by atoms with Gasteiger partial charge < -0.3 is 19.8 Å². The fourth-order valence-electron chi connectivity index (χ4n) is 7.62. The number of para-hydroxylation sites is 6. The summed E-state index contributed by atoms with van der Waals surface area (Å²) in [7, 11) is 0. The third-order valence-corrected chi connectivity index (χ3v) is 9.84. The molecular weight excluding hydrogens is 633 g/mol. The molecule has 0 fully saturated rings. The Kier molecular flexibility index (Phi) is 7.10. The van der Waals surface area contributed by atoms with Crippen molar-refractivity contribution in [3.63, 3.8) is 0 Å². The predicted octanol–water partition coefficient (Wildman–Crippen LogP) is 14.2. The van der Waals surface area contributed by atoms with Crippen molar-refractivity contribution in [3.05, 3.63) is 205 Å². The van der Waals surface area contributed by atoms with Crippen LogP contribution in [0.5, 0.6) is 0 Å². The summed E-state index contributed by atoms with van der Waals surface area (Å²) in [6, 6.07) is 68.4. The van der Waals surface area contributed by atoms with Gasteiger partial charge >= 0.3 is 0 Å². The molecule has 0 N–H and O–H groups in total. The third kappa shape index (κ3) is 5.17. The van der Waals surface area contributed by atoms with Crippen LogP contribution in [0.15, 0.2) is 194 Å². The number of benzene rings is 8. The monoisotopic (exact) mass is 664 g/mol. The molecular formula is C48H32N4-2. The molecule has 2 aromatic heterocycles. The maximum atomic E-state index is 5.07. The Morgan fingerprint density at radius 3 is 0.981 bits per heavy atom. The molecule has 0 bridgehead atoms. The highest BCUT2D eigenvalue weighted by molar-refractivity contribution is 6.10. The molecule has 2 heterocycles. The molecule has 10 aromatic rings. The number of aromatic nitrogens is 2. The normalized spacial score (nSPS) is 11.5. The second-order valence-electron chi connectivity index (χ2n) is 13.1. The van der Waals surface area contributed by atoms with Crippen molar-refractivity contribution in [1.29, 1.82) is 0 Å². The number of nitrogens with zero attached hydrogens (tertiary/aromatic N) is 4. The van der Waals surface area contributed by atoms with Gasteiger partial charge in [-0.2, -0.15) is 0 Å². The van der Waals surface area contributed by atoms with E-state index in [4.69, 9.17) is 10.6 Å². The molecule has 4 heteroatoms. The van der Waals surface area contributed by atoms with Crippen molar-refractivity contribution >= 4 is 66.4 Å². The Morgan fingerprint density at radius 1 is 0.269 bits per heavy atom. The van der Waals surface area contributed by atoms with Crippen molar-refractivity contribution in [2.24, 2.45) is 0 Å². The minimum Gasteiger partial charge on any atom is -0.658 e. The van der Waals surface area contributed by atoms with Gasteiger partial charge in [-0.3, -0.25) is 0 Å². The average molecular weight is 665 g/mol. The first-order valence-electron chi connectivity index (χ1n) is 17.6. The minimum absolute atomic E-state index is 0.846. The van der Waals surface area contributed by atoms with Gasteiger partial charge in [0, 0.05) is 32.9 Å². The number of hydrogen-bond acceptors (Lipinski definition) is 0. The molecule has 246 valence electrons. The fraction of sp³-hybridized carbons (Fsp3) is 0. The molecule has 0 spiro atoms. The molecule has 0 aliphatic rings. The smallest absolute Gasteiger partial charge is 0.0541 e. The van der Waals surface area contributed by atoms with Crippen LogP contribution < -0.4 is 0 Å². The lowest BCUT2D eigenvalue weighted by Gasteiger charge is -2.29. The van der Waals surface area contributed by atoms with Crippen LogP contribution in [0.3, 0.4) is 0 Å². The summed E-state index contributed by atoms with van der Waals surface area (Å²) in [5.74, 6) is 0. The van der Waals surface area contributed by atoms with Crippen LogP contribution in [0.25, 0.3) is 76.7 Å². The van der Waals surface area contributed by atoms with Crippen molar-refractivity contribution in [2.75, 3.05) is 0 Å². The summed E-state index contributed by atoms with van der Waals surface area (Å²) in [5.41, 5.74) is 12.4. The van der Waals surface area contributed by atoms with Crippen LogP contribution >= 0.6 is 0 Å². The summed E-state index contributed by atoms with van der Waals surface area (Å²) >= 11 is 0. The van der Waals surface area contributed by atoms with E-state index in [2.05, 4.69) is 143 Å². The zero-order valence-electron chi connectivity index (χ0n) is 28.3. The van der Waals surface area contributed by atoms with E-state index in [1.54, 1.807) is 0 Å². The first-order chi connectivity index (χ1) is 25.8. The number of fused-ring (bicyclic) bond motifs is 6. The SMILES string of the molecule is c1ccc([N-]c2cc([N-]c3ccccc3)cc(-c3cc(-n4c5ccccc5c5ccccc54)cc(-n4c5ccccc5c5ccccc54)c3)c2)cc1. The molecule has 0 amide bonds. The van der Waals surface area contributed by atoms with Gasteiger partial charge in [0.05, 0.1) is 22.1 Å². The Bertz CT molecular complexity index is 2600. The van der Waals surface area contributed by atoms with Crippen LogP contribution in [0.2, 0.25) is 0 Å². The quantitative estimate of drug-likeness (QED) is 0.163. The molecule has 0 radical (unpaired) electrons. The van der Waals surface area contributed by atoms with Crippen molar-refractivity contribution in [3.8, 4) is 22.5 Å². The maximum Gasteiger partial charge on any atom is 0.0541 e. The van der Waals surface area contributed by atoms with E-state index in [0.717, 1.165) is 45.3 Å². The van der Waals surface area contributed by atoms with Crippen molar-refractivity contribution in [1.82, 2.24) is 9.13 Å². The van der Waals surface area contributed by atoms with Gasteiger partial charge in [0.2, 0.25) is 0 Å². The highest BCUT2D eigenvalue weighted by Gasteiger charge is 2.17. The van der Waals surface area contributed by atoms with E-state index >= 15 is 0 Å². The Morgan fingerprint density at radius 2 is 0.596 bits per heavy atom. The van der Waals surface area contributed by atoms with E-state index in [9.17, 15) is 0 Å². The zero-order valence-corrected chi connectivity index (χ0v) is 28.3. The average Bonchev–Trinajstić information content (AvgIpc) is 3.72. The molecule has 0 saturated heterocycles. The topological polar surface area (TPSA) is 38.1 Å². The fourth-order valence-corrected chi connectivity index (χ4v) is 7.62. The van der Waals surface area contributed by atoms with Gasteiger partial charge in [0.15, 0.2) is 0 Å². The molecule has 0 aliphatic carbocycles. The van der Waals surface area contributed by atoms with Crippen LogP contribution in [0.4, 0.5) is 22.7 Å². The highest BCUT2D eigenvalue weighted by Crippen LogP contribution is 2.43. The molecule has 4 nitrogen and oxygen atoms in total. The summed E-state index contributed by atoms with van der Waals surface area (Å²) in [6.07, 6.45) is 0. The standard InChI is InChI=1S/C48H32N4/c1-3-15-35(16-4-1)49-37-27-33(28-38(31-37)50-36-17-5-2-6-18-36)34-29-39(51-45-23-11-7-19-41(45)42-20-8-12-24-46(42)51)32-40(30-34)52-47-25-13-9-21-43(47)44-22-10-14-26-48(44)52/h1-32H/q-2. The van der Waals surface area contributed by atoms with E-state index in [1.165, 1.54) is 43.6 Å². The molecule has 10 rings (SSSR count). The Hall–Kier alpha value is -7.04. The van der Waals surface area contributed by atoms with Gasteiger partial charge in [-0.1, -0.05) is 152 Å². The first-order valence-corrected chi connectivity index (χ1v) is 17.6. The Balaban J connectivity index is 1.25. The Labute approximate surface area is 301 Å². The van der Waals surface area contributed by atoms with Crippen molar-refractivity contribution < 1.29 is 0 Å². The van der Waals surface area contributed by atoms with E-state index < -0.39 is 0 Å². The molecule has 52 heavy (non-hydrogen) atoms. The van der Waals surface area contributed by atoms with Crippen LogP contribution in [-0.2, 0) is 0 Å². The van der Waals surface area contributed by atoms with Gasteiger partial charge in [0.1, 0.15) is 0 Å². The molecule has 0 saturated carbocycles. The molecule has 0 atom stereocenters. The lowest BCUT2D eigenvalue weighted by Crippen LogP contribution is -2.00. The summed E-state index contributed by atoms with van der Waals surface area (Å²) < 4.78 is 4.80. The van der Waals surface area contributed by atoms with Gasteiger partial charge in [-0.05, 0) is 53.6 Å². The summed E-state index contributed by atoms with van der Waals surface area (Å²) in [4.78, 5) is 0. The maximum absolute atomic E-state index is 5.07. The van der Waals surface area contributed by atoms with E-state index in [1.807, 2.05) is 60.7 Å². The van der Waals surface area contributed by atoms with E-state index in [-0.39, 0.29) is 0 Å². The lowest BCUT2D eigenvalue weighted by molar-refractivity contribution is 1.13. The van der Waals surface area contributed by atoms with Crippen LogP contribution in [0.1, 0.15) is 0 Å². The van der Waals surface area contributed by atoms with Gasteiger partial charge in [0.25, 0.3) is 0 Å². The zero-order chi connectivity index (χ0) is 34.4. The number of rotatable bonds is 7. The summed E-state index contributed by atoms with van der Waals surface area (Å²) in [6.45, 7) is 0. The molecule has 0 unspecified atom stereocenters. The minimum atomic E-state index is 0.846. The van der Waals surface area contributed by atoms with E-state index in [0.29, 0.717) is 0 Å². The highest BCUT2D eigenvalue weighted by atomic mass is 15.0. The van der Waals surface area contributed by atoms with Gasteiger partial charge in [-0.15, -0.1) is 22.7 Å².